The van der Waals surface area contributed by atoms with E-state index < -0.39 is 7.26 Å². The highest BCUT2D eigenvalue weighted by Crippen LogP contribution is 2.55. The number of morpholine rings is 1. The first-order valence-corrected chi connectivity index (χ1v) is 13.3. The molecule has 2 heterocycles. The van der Waals surface area contributed by atoms with E-state index in [1.165, 1.54) is 26.2 Å². The molecule has 0 radical (unpaired) electrons. The lowest BCUT2D eigenvalue weighted by Crippen LogP contribution is -2.41. The lowest BCUT2D eigenvalue weighted by atomic mass is 10.4. The van der Waals surface area contributed by atoms with Gasteiger partial charge < -0.3 is 9.64 Å². The minimum absolute atomic E-state index is 0.768. The van der Waals surface area contributed by atoms with E-state index in [2.05, 4.69) is 103 Å². The quantitative estimate of drug-likeness (QED) is 0.436. The van der Waals surface area contributed by atoms with Crippen LogP contribution in [0.2, 0.25) is 0 Å². The van der Waals surface area contributed by atoms with Gasteiger partial charge in [-0.05, 0) is 43.3 Å². The summed E-state index contributed by atoms with van der Waals surface area (Å²) in [4.78, 5) is 9.05. The molecule has 1 aliphatic heterocycles. The van der Waals surface area contributed by atoms with Gasteiger partial charge in [-0.15, -0.1) is 0 Å². The molecule has 0 spiro atoms. The van der Waals surface area contributed by atoms with E-state index in [4.69, 9.17) is 9.72 Å². The summed E-state index contributed by atoms with van der Waals surface area (Å²) in [6, 6.07) is 32.9. The molecule has 0 amide bonds. The third-order valence-corrected chi connectivity index (χ3v) is 11.3. The Hall–Kier alpha value is -2.52. The van der Waals surface area contributed by atoms with Gasteiger partial charge in [-0.1, -0.05) is 65.9 Å². The van der Waals surface area contributed by atoms with Crippen LogP contribution in [0.5, 0.6) is 0 Å². The summed E-state index contributed by atoms with van der Waals surface area (Å²) < 4.78 is 5.58. The number of rotatable bonds is 5. The topological polar surface area (TPSA) is 25.4 Å². The highest BCUT2D eigenvalue weighted by Gasteiger charge is 2.51. The average Bonchev–Trinajstić information content (AvgIpc) is 3.24. The highest BCUT2D eigenvalue weighted by molar-refractivity contribution is 8.01. The second-order valence-electron chi connectivity index (χ2n) is 7.65. The first kappa shape index (κ1) is 20.4. The van der Waals surface area contributed by atoms with Gasteiger partial charge in [-0.2, -0.15) is 4.98 Å². The first-order chi connectivity index (χ1) is 15.3. The fourth-order valence-corrected chi connectivity index (χ4v) is 10.0. The minimum atomic E-state index is -2.13. The van der Waals surface area contributed by atoms with Gasteiger partial charge >= 0.3 is 0 Å². The molecule has 5 heteroatoms. The molecule has 4 aromatic rings. The monoisotopic (exact) mass is 445 g/mol. The van der Waals surface area contributed by atoms with Gasteiger partial charge in [0.2, 0.25) is 5.44 Å². The van der Waals surface area contributed by atoms with E-state index in [0.29, 0.717) is 0 Å². The molecule has 0 atom stereocenters. The Kier molecular flexibility index (Phi) is 5.87. The van der Waals surface area contributed by atoms with Crippen LogP contribution in [0.4, 0.5) is 5.13 Å². The Morgan fingerprint density at radius 3 is 1.65 bits per heavy atom. The number of hydrogen-bond donors (Lipinski definition) is 0. The van der Waals surface area contributed by atoms with Gasteiger partial charge in [0.15, 0.2) is 12.4 Å². The zero-order valence-electron chi connectivity index (χ0n) is 17.6. The largest absolute Gasteiger partial charge is 0.378 e. The van der Waals surface area contributed by atoms with Crippen LogP contribution in [0.25, 0.3) is 0 Å². The minimum Gasteiger partial charge on any atom is -0.378 e. The molecule has 1 saturated heterocycles. The fourth-order valence-electron chi connectivity index (χ4n) is 4.34. The van der Waals surface area contributed by atoms with E-state index in [9.17, 15) is 0 Å². The first-order valence-electron chi connectivity index (χ1n) is 10.7. The molecular weight excluding hydrogens is 419 g/mol. The van der Waals surface area contributed by atoms with Crippen molar-refractivity contribution in [3.8, 4) is 0 Å². The van der Waals surface area contributed by atoms with Crippen LogP contribution >= 0.6 is 18.6 Å². The number of ether oxygens (including phenoxy) is 1. The van der Waals surface area contributed by atoms with E-state index in [1.54, 1.807) is 0 Å². The molecule has 31 heavy (non-hydrogen) atoms. The van der Waals surface area contributed by atoms with Gasteiger partial charge in [0.1, 0.15) is 15.9 Å². The van der Waals surface area contributed by atoms with Crippen molar-refractivity contribution in [1.82, 2.24) is 4.98 Å². The van der Waals surface area contributed by atoms with Crippen molar-refractivity contribution in [1.29, 1.82) is 0 Å². The maximum atomic E-state index is 5.58. The fraction of sp³-hybridized carbons (Fsp3) is 0.192. The third kappa shape index (κ3) is 3.70. The molecule has 0 unspecified atom stereocenters. The molecule has 0 bridgehead atoms. The number of anilines is 1. The van der Waals surface area contributed by atoms with Crippen LogP contribution in [0.1, 0.15) is 4.88 Å². The molecule has 1 aliphatic rings. The van der Waals surface area contributed by atoms with Gasteiger partial charge in [-0.25, -0.2) is 0 Å². The summed E-state index contributed by atoms with van der Waals surface area (Å²) in [6.07, 6.45) is 0. The standard InChI is InChI=1S/C26H26N2OPS/c1-21-25(27-26(31-21)28-17-19-29-20-18-28)30(22-11-5-2-6-12-22,23-13-7-3-8-14-23)24-15-9-4-10-16-24/h2-16H,17-20H2,1H3/q+1. The number of thiazole rings is 1. The maximum Gasteiger partial charge on any atom is 0.213 e. The lowest BCUT2D eigenvalue weighted by Gasteiger charge is -2.27. The Labute approximate surface area is 188 Å². The number of hydrogen-bond acceptors (Lipinski definition) is 4. The molecule has 0 saturated carbocycles. The van der Waals surface area contributed by atoms with Crippen molar-refractivity contribution in [3.05, 3.63) is 95.9 Å². The second-order valence-corrected chi connectivity index (χ2v) is 12.1. The van der Waals surface area contributed by atoms with Crippen LogP contribution in [0, 0.1) is 6.92 Å². The smallest absolute Gasteiger partial charge is 0.213 e. The number of benzene rings is 3. The second kappa shape index (κ2) is 8.92. The van der Waals surface area contributed by atoms with Crippen molar-refractivity contribution < 1.29 is 4.74 Å². The molecule has 156 valence electrons. The number of aromatic nitrogens is 1. The average molecular weight is 446 g/mol. The summed E-state index contributed by atoms with van der Waals surface area (Å²) in [5, 5.41) is 5.14. The Morgan fingerprint density at radius 2 is 1.19 bits per heavy atom. The molecule has 1 fully saturated rings. The van der Waals surface area contributed by atoms with Crippen molar-refractivity contribution >= 4 is 45.1 Å². The van der Waals surface area contributed by atoms with Crippen LogP contribution < -0.4 is 26.2 Å². The highest BCUT2D eigenvalue weighted by atomic mass is 32.1. The van der Waals surface area contributed by atoms with Crippen LogP contribution in [0.15, 0.2) is 91.0 Å². The van der Waals surface area contributed by atoms with Gasteiger partial charge in [0.25, 0.3) is 0 Å². The molecule has 3 aromatic carbocycles. The molecule has 0 N–H and O–H groups in total. The van der Waals surface area contributed by atoms with Crippen molar-refractivity contribution in [2.24, 2.45) is 0 Å². The van der Waals surface area contributed by atoms with E-state index in [-0.39, 0.29) is 0 Å². The predicted molar refractivity (Wildman–Crippen MR) is 135 cm³/mol. The molecular formula is C26H26N2OPS+. The summed E-state index contributed by atoms with van der Waals surface area (Å²) in [6.45, 7) is 5.58. The number of nitrogens with zero attached hydrogens (tertiary/aromatic N) is 2. The van der Waals surface area contributed by atoms with E-state index >= 15 is 0 Å². The van der Waals surface area contributed by atoms with E-state index in [1.807, 2.05) is 11.3 Å². The zero-order valence-corrected chi connectivity index (χ0v) is 19.4. The van der Waals surface area contributed by atoms with Crippen molar-refractivity contribution in [2.75, 3.05) is 31.2 Å². The third-order valence-electron chi connectivity index (χ3n) is 5.79. The predicted octanol–water partition coefficient (Wildman–Crippen LogP) is 3.91. The molecule has 0 aliphatic carbocycles. The van der Waals surface area contributed by atoms with Crippen LogP contribution in [-0.4, -0.2) is 31.3 Å². The normalized spacial score (nSPS) is 14.5. The summed E-state index contributed by atoms with van der Waals surface area (Å²) in [7, 11) is -2.13. The van der Waals surface area contributed by atoms with Gasteiger partial charge in [-0.3, -0.25) is 0 Å². The summed E-state index contributed by atoms with van der Waals surface area (Å²) in [5.74, 6) is 0. The summed E-state index contributed by atoms with van der Waals surface area (Å²) in [5.41, 5.74) is 1.22. The van der Waals surface area contributed by atoms with Crippen LogP contribution in [0.3, 0.4) is 0 Å². The zero-order chi connectivity index (χ0) is 21.1. The van der Waals surface area contributed by atoms with Crippen molar-refractivity contribution in [2.45, 2.75) is 6.92 Å². The molecule has 5 rings (SSSR count). The van der Waals surface area contributed by atoms with E-state index in [0.717, 1.165) is 31.4 Å². The van der Waals surface area contributed by atoms with Crippen molar-refractivity contribution in [3.63, 3.8) is 0 Å². The Morgan fingerprint density at radius 1 is 0.742 bits per heavy atom. The number of aryl methyl sites for hydroxylation is 1. The Balaban J connectivity index is 1.80. The maximum absolute atomic E-state index is 5.58. The molecule has 3 nitrogen and oxygen atoms in total. The molecule has 1 aromatic heterocycles. The lowest BCUT2D eigenvalue weighted by molar-refractivity contribution is 0.122. The SMILES string of the molecule is Cc1sc(N2CCOCC2)nc1[P+](c1ccccc1)(c1ccccc1)c1ccccc1. The Bertz CT molecular complexity index is 1030. The van der Waals surface area contributed by atoms with Crippen LogP contribution in [-0.2, 0) is 4.74 Å². The summed E-state index contributed by atoms with van der Waals surface area (Å²) >= 11 is 1.82. The van der Waals surface area contributed by atoms with Gasteiger partial charge in [0.05, 0.1) is 18.1 Å². The van der Waals surface area contributed by atoms with Gasteiger partial charge in [0, 0.05) is 13.1 Å².